The van der Waals surface area contributed by atoms with Crippen molar-refractivity contribution in [1.29, 1.82) is 0 Å². The van der Waals surface area contributed by atoms with Crippen molar-refractivity contribution < 1.29 is 0 Å². The zero-order valence-corrected chi connectivity index (χ0v) is 24.5. The zero-order valence-electron chi connectivity index (χ0n) is 24.5. The van der Waals surface area contributed by atoms with E-state index < -0.39 is 0 Å². The Hall–Kier alpha value is -3.52. The van der Waals surface area contributed by atoms with Gasteiger partial charge < -0.3 is 11.5 Å². The predicted molar refractivity (Wildman–Crippen MR) is 172 cm³/mol. The number of hydrogen-bond donors (Lipinski definition) is 2. The van der Waals surface area contributed by atoms with Crippen LogP contribution in [0.2, 0.25) is 0 Å². The van der Waals surface area contributed by atoms with Gasteiger partial charge in [0.25, 0.3) is 0 Å². The first-order valence-electron chi connectivity index (χ1n) is 15.4. The maximum atomic E-state index is 5.95. The van der Waals surface area contributed by atoms with Gasteiger partial charge in [0.15, 0.2) is 0 Å². The smallest absolute Gasteiger partial charge is 0.0314 e. The Morgan fingerprint density at radius 3 is 1.35 bits per heavy atom. The molecule has 40 heavy (non-hydrogen) atoms. The van der Waals surface area contributed by atoms with Gasteiger partial charge in [-0.2, -0.15) is 0 Å². The third-order valence-corrected chi connectivity index (χ3v) is 9.01. The first kappa shape index (κ1) is 28.0. The molecule has 0 unspecified atom stereocenters. The van der Waals surface area contributed by atoms with Crippen molar-refractivity contribution in [2.24, 2.45) is 0 Å². The lowest BCUT2D eigenvalue weighted by molar-refractivity contribution is 0.345. The number of hydrogen-bond acceptors (Lipinski definition) is 2. The number of nitrogen functional groups attached to an aromatic ring is 2. The van der Waals surface area contributed by atoms with Crippen molar-refractivity contribution in [1.82, 2.24) is 0 Å². The topological polar surface area (TPSA) is 52.0 Å². The molecule has 0 atom stereocenters. The Balaban J connectivity index is 1.52. The van der Waals surface area contributed by atoms with E-state index in [0.717, 1.165) is 49.9 Å². The van der Waals surface area contributed by atoms with E-state index in [2.05, 4.69) is 74.5 Å². The molecule has 0 saturated heterocycles. The molecule has 2 nitrogen and oxygen atoms in total. The lowest BCUT2D eigenvalue weighted by Gasteiger charge is -2.39. The highest BCUT2D eigenvalue weighted by Gasteiger charge is 2.36. The van der Waals surface area contributed by atoms with Crippen LogP contribution < -0.4 is 11.5 Å². The summed E-state index contributed by atoms with van der Waals surface area (Å²) in [6, 6.07) is 31.7. The molecule has 0 bridgehead atoms. The molecule has 1 aliphatic rings. The molecule has 4 N–H and O–H groups in total. The SMILES string of the molecule is CCCc1cc(C2(c3ccc(Cc4ccc(N)cc4)c(CCC)c3)CCCCC2)ccc1Cc1ccc(N)cc1. The summed E-state index contributed by atoms with van der Waals surface area (Å²) >= 11 is 0. The molecular formula is C38H46N2. The number of rotatable bonds is 10. The molecule has 0 heterocycles. The predicted octanol–water partition coefficient (Wildman–Crippen LogP) is 9.19. The average Bonchev–Trinajstić information content (AvgIpc) is 2.98. The van der Waals surface area contributed by atoms with Gasteiger partial charge in [0.1, 0.15) is 0 Å². The summed E-state index contributed by atoms with van der Waals surface area (Å²) in [5.41, 5.74) is 25.3. The van der Waals surface area contributed by atoms with Crippen LogP contribution in [0.1, 0.15) is 103 Å². The van der Waals surface area contributed by atoms with Gasteiger partial charge in [-0.15, -0.1) is 0 Å². The summed E-state index contributed by atoms with van der Waals surface area (Å²) in [4.78, 5) is 0. The van der Waals surface area contributed by atoms with E-state index in [1.807, 2.05) is 24.3 Å². The Kier molecular flexibility index (Phi) is 8.94. The minimum absolute atomic E-state index is 0.0999. The summed E-state index contributed by atoms with van der Waals surface area (Å²) in [6.45, 7) is 4.60. The summed E-state index contributed by atoms with van der Waals surface area (Å²) in [6.07, 6.45) is 12.9. The lowest BCUT2D eigenvalue weighted by atomic mass is 9.64. The molecule has 1 fully saturated rings. The Morgan fingerprint density at radius 2 is 0.950 bits per heavy atom. The van der Waals surface area contributed by atoms with E-state index in [-0.39, 0.29) is 5.41 Å². The van der Waals surface area contributed by atoms with E-state index in [1.165, 1.54) is 76.6 Å². The van der Waals surface area contributed by atoms with Crippen LogP contribution in [-0.4, -0.2) is 0 Å². The molecule has 4 aromatic rings. The van der Waals surface area contributed by atoms with Gasteiger partial charge in [0.05, 0.1) is 0 Å². The second-order valence-electron chi connectivity index (χ2n) is 11.9. The average molecular weight is 531 g/mol. The van der Waals surface area contributed by atoms with Crippen LogP contribution in [-0.2, 0) is 31.1 Å². The summed E-state index contributed by atoms with van der Waals surface area (Å²) in [7, 11) is 0. The first-order chi connectivity index (χ1) is 19.5. The van der Waals surface area contributed by atoms with Crippen LogP contribution in [0.25, 0.3) is 0 Å². The highest BCUT2D eigenvalue weighted by molar-refractivity contribution is 5.49. The molecule has 0 aliphatic heterocycles. The van der Waals surface area contributed by atoms with Crippen molar-refractivity contribution >= 4 is 11.4 Å². The van der Waals surface area contributed by atoms with E-state index in [0.29, 0.717) is 0 Å². The summed E-state index contributed by atoms with van der Waals surface area (Å²) in [5, 5.41) is 0. The van der Waals surface area contributed by atoms with Crippen molar-refractivity contribution in [2.75, 3.05) is 11.5 Å². The van der Waals surface area contributed by atoms with Gasteiger partial charge in [-0.25, -0.2) is 0 Å². The van der Waals surface area contributed by atoms with Crippen LogP contribution >= 0.6 is 0 Å². The molecule has 0 radical (unpaired) electrons. The fourth-order valence-corrected chi connectivity index (χ4v) is 6.81. The molecule has 4 aromatic carbocycles. The van der Waals surface area contributed by atoms with Crippen LogP contribution in [0, 0.1) is 0 Å². The Morgan fingerprint density at radius 1 is 0.525 bits per heavy atom. The maximum absolute atomic E-state index is 5.95. The fraction of sp³-hybridized carbons (Fsp3) is 0.368. The Bertz CT molecular complexity index is 1290. The summed E-state index contributed by atoms with van der Waals surface area (Å²) < 4.78 is 0. The van der Waals surface area contributed by atoms with E-state index >= 15 is 0 Å². The van der Waals surface area contributed by atoms with Gasteiger partial charge in [-0.05, 0) is 107 Å². The molecule has 208 valence electrons. The molecule has 1 aliphatic carbocycles. The number of anilines is 2. The maximum Gasteiger partial charge on any atom is 0.0314 e. The van der Waals surface area contributed by atoms with Crippen molar-refractivity contribution in [2.45, 2.75) is 89.9 Å². The minimum Gasteiger partial charge on any atom is -0.399 e. The van der Waals surface area contributed by atoms with Gasteiger partial charge >= 0.3 is 0 Å². The zero-order chi connectivity index (χ0) is 28.0. The highest BCUT2D eigenvalue weighted by Crippen LogP contribution is 2.46. The number of benzene rings is 4. The van der Waals surface area contributed by atoms with Crippen molar-refractivity contribution in [3.05, 3.63) is 129 Å². The van der Waals surface area contributed by atoms with E-state index in [1.54, 1.807) is 0 Å². The van der Waals surface area contributed by atoms with Crippen molar-refractivity contribution in [3.63, 3.8) is 0 Å². The molecule has 2 heteroatoms. The van der Waals surface area contributed by atoms with Gasteiger partial charge in [0.2, 0.25) is 0 Å². The van der Waals surface area contributed by atoms with E-state index in [4.69, 9.17) is 11.5 Å². The lowest BCUT2D eigenvalue weighted by Crippen LogP contribution is -2.31. The Labute approximate surface area is 241 Å². The van der Waals surface area contributed by atoms with Crippen LogP contribution in [0.5, 0.6) is 0 Å². The molecule has 0 spiro atoms. The van der Waals surface area contributed by atoms with E-state index in [9.17, 15) is 0 Å². The molecule has 0 amide bonds. The molecule has 0 aromatic heterocycles. The fourth-order valence-electron chi connectivity index (χ4n) is 6.81. The third kappa shape index (κ3) is 6.28. The van der Waals surface area contributed by atoms with Gasteiger partial charge in [-0.3, -0.25) is 0 Å². The van der Waals surface area contributed by atoms with Crippen LogP contribution in [0.4, 0.5) is 11.4 Å². The minimum atomic E-state index is 0.0999. The monoisotopic (exact) mass is 530 g/mol. The second-order valence-corrected chi connectivity index (χ2v) is 11.9. The first-order valence-corrected chi connectivity index (χ1v) is 15.4. The highest BCUT2D eigenvalue weighted by atomic mass is 14.5. The number of nitrogens with two attached hydrogens (primary N) is 2. The summed E-state index contributed by atoms with van der Waals surface area (Å²) in [5.74, 6) is 0. The quantitative estimate of drug-likeness (QED) is 0.201. The second kappa shape index (κ2) is 12.8. The van der Waals surface area contributed by atoms with Crippen LogP contribution in [0.3, 0.4) is 0 Å². The van der Waals surface area contributed by atoms with Gasteiger partial charge in [-0.1, -0.05) is 107 Å². The standard InChI is InChI=1S/C38H46N2/c1-3-8-30-26-34(16-14-32(30)24-28-10-18-36(39)19-11-28)38(22-6-5-7-23-38)35-17-15-33(31(27-35)9-4-2)25-29-12-20-37(40)21-13-29/h10-21,26-27H,3-9,22-25,39-40H2,1-2H3. The normalized spacial score (nSPS) is 14.8. The van der Waals surface area contributed by atoms with Crippen molar-refractivity contribution in [3.8, 4) is 0 Å². The van der Waals surface area contributed by atoms with Gasteiger partial charge in [0, 0.05) is 16.8 Å². The molecule has 1 saturated carbocycles. The van der Waals surface area contributed by atoms with Crippen LogP contribution in [0.15, 0.2) is 84.9 Å². The number of aryl methyl sites for hydroxylation is 2. The molecular weight excluding hydrogens is 484 g/mol. The largest absolute Gasteiger partial charge is 0.399 e. The third-order valence-electron chi connectivity index (χ3n) is 9.01. The molecule has 5 rings (SSSR count).